The van der Waals surface area contributed by atoms with Crippen molar-refractivity contribution >= 4 is 212 Å². The second-order valence-electron chi connectivity index (χ2n) is 37.9. The first-order chi connectivity index (χ1) is 69.6. The van der Waals surface area contributed by atoms with Crippen molar-refractivity contribution in [3.63, 3.8) is 0 Å². The number of nitrogens with zero attached hydrogens (tertiary/aromatic N) is 10. The molecule has 0 amide bonds. The summed E-state index contributed by atoms with van der Waals surface area (Å²) in [5, 5.41) is 15.5. The number of ketones is 1. The minimum atomic E-state index is -4.39. The first-order valence-corrected chi connectivity index (χ1v) is 53.8. The Morgan fingerprint density at radius 3 is 1.59 bits per heavy atom. The Hall–Kier alpha value is -12.9. The summed E-state index contributed by atoms with van der Waals surface area (Å²) in [5.74, 6) is 7.55. The number of Topliss-reactive ketones (excluding diaryl/α,β-unsaturated/α-hetero) is 1. The third-order valence-electron chi connectivity index (χ3n) is 28.1. The van der Waals surface area contributed by atoms with Gasteiger partial charge in [-0.05, 0) is 329 Å². The van der Waals surface area contributed by atoms with Gasteiger partial charge in [0, 0.05) is 144 Å². The van der Waals surface area contributed by atoms with Gasteiger partial charge in [-0.3, -0.25) is 20.6 Å². The highest BCUT2D eigenvalue weighted by atomic mass is 127. The quantitative estimate of drug-likeness (QED) is 0.00572. The standard InChI is InChI=1S/C53H40BF2IN4.C53H68N4O.C20H14I2N2/c1-7-29-58-47-15-11-9-13-41(47)43-31-37(19-27-49(43)58)17-25-45-33(3)35(5)52-51(39-21-23-40(57)24-22-39)53-36(6)34(4)46(61(53)54(55,56)60(45)52)26-18-38-20-28-50-44(32-38)42-14-10-12-16-48(42)59(50)30-8-2;1-6-8-10-12-14-16-18-20-22-24-32-56-34-30-43(45-28-26-41(3)36-50(45)56)38-47-52(49(40-54)55-5)48(53(47)58)39-44-31-35-57(51-37-42(4)27-29-46(44)51)33-25-23-21-19-17-15-13-11-9-7-2;21-17-4-8-19(9-5-17)23-13-15-2-1-3-16(12-15)14-24-20-10-6-18(22)7-11-20/h1-2,9-28,31-32H,29-30H2,3-6H3;26-31,34-39H,6-25,32-33H2,1-4H3;1-14H/b25-17+,26-18+;;. The Labute approximate surface area is 883 Å². The highest BCUT2D eigenvalue weighted by Crippen LogP contribution is 2.49. The molecule has 0 N–H and O–H groups in total. The number of anilines is 1. The van der Waals surface area contributed by atoms with Crippen molar-refractivity contribution in [2.45, 2.75) is 203 Å². The van der Waals surface area contributed by atoms with Crippen LogP contribution in [0.5, 0.6) is 0 Å². The molecule has 11 nitrogen and oxygen atoms in total. The molecule has 0 fully saturated rings. The van der Waals surface area contributed by atoms with Crippen LogP contribution in [-0.4, -0.2) is 61.4 Å². The molecule has 0 spiro atoms. The van der Waals surface area contributed by atoms with E-state index in [4.69, 9.17) is 19.4 Å². The number of para-hydroxylation sites is 2. The zero-order valence-corrected chi connectivity index (χ0v) is 89.7. The summed E-state index contributed by atoms with van der Waals surface area (Å²) in [4.78, 5) is 29.0. The first kappa shape index (κ1) is 103. The maximum absolute atomic E-state index is 18.1. The van der Waals surface area contributed by atoms with E-state index in [0.717, 1.165) is 173 Å². The SMILES string of the molecule is C#CCn1c2ccccc2c2cc(/C=C/C3=[N+]4C(=C(c5ccc(I)cc5)c5c(C)c(C)c(/C=C/c6ccc7c(c6)c6ccccc6n7CC#C)n5[B-]4(F)F)C(C)=C3C)ccc21.Ic1ccc(N=Cc2cccc(C=Nc3ccc(I)cc3)c2)cc1.[C-]#[N+]C(=C=[N-])C1=C(/C=C2\C=CN(CCCCCCCCCCCC)c3cc(C)ccc32)C(=O)/C1=C\c1cc[n+](CCCCCCCCCCCC)c2cc(C)ccc12. The van der Waals surface area contributed by atoms with Crippen molar-refractivity contribution in [2.24, 2.45) is 9.98 Å². The molecule has 1 aliphatic carbocycles. The monoisotopic (exact) mass is 2220 g/mol. The number of aromatic nitrogens is 4. The van der Waals surface area contributed by atoms with Gasteiger partial charge in [-0.2, -0.15) is 4.57 Å². The number of aliphatic imine (C=N–C) groups is 2. The Bertz CT molecular complexity index is 7670. The van der Waals surface area contributed by atoms with Gasteiger partial charge in [-0.1, -0.05) is 238 Å². The number of unbranched alkanes of at least 4 members (excludes halogenated alkanes) is 18. The molecule has 4 aliphatic rings. The maximum atomic E-state index is 18.1. The molecule has 14 aromatic rings. The second-order valence-corrected chi connectivity index (χ2v) is 41.6. The predicted octanol–water partition coefficient (Wildman–Crippen LogP) is 33.6. The van der Waals surface area contributed by atoms with Crippen LogP contribution in [0.3, 0.4) is 0 Å². The van der Waals surface area contributed by atoms with E-state index in [1.165, 1.54) is 143 Å². The summed E-state index contributed by atoms with van der Waals surface area (Å²) in [5.41, 5.74) is 25.9. The lowest BCUT2D eigenvalue weighted by molar-refractivity contribution is -0.671. The van der Waals surface area contributed by atoms with Crippen molar-refractivity contribution in [1.29, 1.82) is 0 Å². The highest BCUT2D eigenvalue weighted by Gasteiger charge is 2.57. The van der Waals surface area contributed by atoms with Gasteiger partial charge < -0.3 is 37.0 Å². The molecule has 0 atom stereocenters. The first-order valence-electron chi connectivity index (χ1n) is 50.5. The van der Waals surface area contributed by atoms with Gasteiger partial charge in [-0.15, -0.1) is 12.8 Å². The fourth-order valence-corrected chi connectivity index (χ4v) is 21.4. The zero-order valence-electron chi connectivity index (χ0n) is 83.2. The number of allylic oxidation sites excluding steroid dienone is 8. The number of hydrogen-bond donors (Lipinski definition) is 0. The van der Waals surface area contributed by atoms with E-state index in [1.54, 1.807) is 0 Å². The van der Waals surface area contributed by atoms with Crippen molar-refractivity contribution in [3.8, 4) is 24.7 Å². The normalized spacial score (nSPS) is 14.4. The van der Waals surface area contributed by atoms with Gasteiger partial charge in [-0.25, -0.2) is 4.85 Å². The third-order valence-corrected chi connectivity index (χ3v) is 30.2. The lowest BCUT2D eigenvalue weighted by atomic mass is 9.77. The van der Waals surface area contributed by atoms with Crippen LogP contribution in [0.2, 0.25) is 0 Å². The summed E-state index contributed by atoms with van der Waals surface area (Å²) in [6.45, 7) is 22.9. The van der Waals surface area contributed by atoms with Crippen molar-refractivity contribution in [2.75, 3.05) is 11.4 Å². The number of hydrogen-bond acceptors (Lipinski definition) is 4. The molecule has 17 heteroatoms. The molecule has 0 saturated heterocycles. The minimum Gasteiger partial charge on any atom is -0.775 e. The van der Waals surface area contributed by atoms with Crippen molar-refractivity contribution < 1.29 is 22.5 Å². The van der Waals surface area contributed by atoms with Gasteiger partial charge in [0.15, 0.2) is 23.4 Å². The fraction of sp³-hybridized carbons (Fsp3) is 0.254. The minimum absolute atomic E-state index is 0.0451. The van der Waals surface area contributed by atoms with Gasteiger partial charge in [0.05, 0.1) is 53.0 Å². The van der Waals surface area contributed by atoms with Gasteiger partial charge in [0.25, 0.3) is 0 Å². The third kappa shape index (κ3) is 23.6. The van der Waals surface area contributed by atoms with Crippen LogP contribution in [0.4, 0.5) is 25.7 Å². The average Bonchev–Trinajstić information content (AvgIpc) is 1.52. The molecule has 4 aromatic heterocycles. The summed E-state index contributed by atoms with van der Waals surface area (Å²) in [7, 11) is 0. The van der Waals surface area contributed by atoms with Gasteiger partial charge in [0.2, 0.25) is 11.2 Å². The number of terminal acetylenes is 2. The number of carbonyl (C=O) groups excluding carboxylic acids is 1. The summed E-state index contributed by atoms with van der Waals surface area (Å²) < 4.78 is 48.9. The number of rotatable bonds is 36. The van der Waals surface area contributed by atoms with E-state index in [2.05, 4.69) is 299 Å². The molecular weight excluding hydrogens is 2100 g/mol. The van der Waals surface area contributed by atoms with E-state index < -0.39 is 6.97 Å². The fourth-order valence-electron chi connectivity index (χ4n) is 20.3. The van der Waals surface area contributed by atoms with Crippen LogP contribution in [0, 0.1) is 69.7 Å². The topological polar surface area (TPSA) is 93.4 Å². The van der Waals surface area contributed by atoms with Gasteiger partial charge >= 0.3 is 6.97 Å². The van der Waals surface area contributed by atoms with Crippen LogP contribution in [0.1, 0.15) is 229 Å². The number of aryl methyl sites for hydroxylation is 3. The number of fused-ring (bicyclic) bond motifs is 10. The summed E-state index contributed by atoms with van der Waals surface area (Å²) in [6.07, 6.45) is 59.2. The van der Waals surface area contributed by atoms with E-state index in [9.17, 15) is 10.2 Å². The number of carbonyl (C=O) groups is 1. The molecule has 3 aliphatic heterocycles. The Morgan fingerprint density at radius 2 is 1.03 bits per heavy atom. The molecule has 143 heavy (non-hydrogen) atoms. The van der Waals surface area contributed by atoms with Crippen LogP contribution in [0.25, 0.3) is 100 Å². The molecule has 18 rings (SSSR count). The molecule has 7 heterocycles. The largest absolute Gasteiger partial charge is 0.775 e. The van der Waals surface area contributed by atoms with Crippen molar-refractivity contribution in [3.05, 3.63) is 394 Å². The van der Waals surface area contributed by atoms with Crippen molar-refractivity contribution in [1.82, 2.24) is 13.6 Å². The van der Waals surface area contributed by atoms with E-state index >= 15 is 8.63 Å². The molecule has 0 bridgehead atoms. The smallest absolute Gasteiger partial charge is 0.737 e. The number of benzene rings is 10. The maximum Gasteiger partial charge on any atom is 0.737 e. The van der Waals surface area contributed by atoms with E-state index in [-0.39, 0.29) is 11.5 Å². The Balaban J connectivity index is 0.000000167. The number of pyridine rings is 1. The van der Waals surface area contributed by atoms with E-state index in [1.807, 2.05) is 168 Å². The highest BCUT2D eigenvalue weighted by molar-refractivity contribution is 14.1. The number of halogens is 5. The summed E-state index contributed by atoms with van der Waals surface area (Å²) in [6, 6.07) is 76.6. The molecule has 720 valence electrons. The lowest BCUT2D eigenvalue weighted by Crippen LogP contribution is -2.51. The van der Waals surface area contributed by atoms with Crippen LogP contribution in [-0.2, 0) is 24.4 Å². The average molecular weight is 2220 g/mol. The van der Waals surface area contributed by atoms with Gasteiger partial charge in [0.1, 0.15) is 6.54 Å². The van der Waals surface area contributed by atoms with Crippen LogP contribution >= 0.6 is 67.8 Å². The van der Waals surface area contributed by atoms with Crippen LogP contribution in [0.15, 0.2) is 304 Å². The molecule has 0 unspecified atom stereocenters. The Morgan fingerprint density at radius 1 is 0.517 bits per heavy atom. The van der Waals surface area contributed by atoms with Crippen LogP contribution < -0.4 is 9.47 Å². The molecule has 0 radical (unpaired) electrons. The zero-order chi connectivity index (χ0) is 100. The second kappa shape index (κ2) is 48.4. The molecule has 0 saturated carbocycles. The lowest BCUT2D eigenvalue weighted by Gasteiger charge is -2.34. The summed E-state index contributed by atoms with van der Waals surface area (Å²) >= 11 is 6.87. The predicted molar refractivity (Wildman–Crippen MR) is 627 cm³/mol. The Kier molecular flexibility index (Phi) is 34.9. The van der Waals surface area contributed by atoms with E-state index in [0.29, 0.717) is 52.6 Å². The molecular formula is C126H122BF2I3N10O. The molecule has 10 aromatic carbocycles.